The molecular formula is C19H20FNO4. The van der Waals surface area contributed by atoms with Crippen molar-refractivity contribution in [1.29, 1.82) is 0 Å². The highest BCUT2D eigenvalue weighted by atomic mass is 19.1. The summed E-state index contributed by atoms with van der Waals surface area (Å²) in [6, 6.07) is 10.6. The Hall–Kier alpha value is -2.89. The van der Waals surface area contributed by atoms with Crippen molar-refractivity contribution in [2.24, 2.45) is 0 Å². The lowest BCUT2D eigenvalue weighted by Gasteiger charge is -2.27. The van der Waals surface area contributed by atoms with E-state index >= 15 is 0 Å². The first-order chi connectivity index (χ1) is 11.7. The van der Waals surface area contributed by atoms with Gasteiger partial charge in [0.1, 0.15) is 11.6 Å². The Kier molecular flexibility index (Phi) is 5.41. The maximum atomic E-state index is 13.1. The monoisotopic (exact) mass is 345 g/mol. The number of hydrogen-bond acceptors (Lipinski definition) is 3. The molecule has 1 amide bonds. The van der Waals surface area contributed by atoms with E-state index in [4.69, 9.17) is 4.74 Å². The quantitative estimate of drug-likeness (QED) is 0.844. The van der Waals surface area contributed by atoms with Gasteiger partial charge in [-0.05, 0) is 55.7 Å². The second kappa shape index (κ2) is 7.34. The number of hydrogen-bond donors (Lipinski definition) is 2. The van der Waals surface area contributed by atoms with Crippen molar-refractivity contribution in [1.82, 2.24) is 5.32 Å². The zero-order valence-corrected chi connectivity index (χ0v) is 14.3. The molecule has 1 unspecified atom stereocenters. The van der Waals surface area contributed by atoms with Crippen molar-refractivity contribution in [3.05, 3.63) is 65.0 Å². The van der Waals surface area contributed by atoms with Gasteiger partial charge in [-0.3, -0.25) is 4.79 Å². The molecule has 2 rings (SSSR count). The average Bonchev–Trinajstić information content (AvgIpc) is 2.56. The third-order valence-corrected chi connectivity index (χ3v) is 3.94. The predicted octanol–water partition coefficient (Wildman–Crippen LogP) is 2.94. The topological polar surface area (TPSA) is 75.6 Å². The van der Waals surface area contributed by atoms with Crippen molar-refractivity contribution >= 4 is 11.9 Å². The van der Waals surface area contributed by atoms with Crippen molar-refractivity contribution in [3.8, 4) is 5.75 Å². The van der Waals surface area contributed by atoms with Gasteiger partial charge < -0.3 is 15.2 Å². The Labute approximate surface area is 145 Å². The number of carboxylic acid groups (broad SMARTS) is 1. The molecule has 5 nitrogen and oxygen atoms in total. The van der Waals surface area contributed by atoms with E-state index in [0.29, 0.717) is 5.75 Å². The van der Waals surface area contributed by atoms with Gasteiger partial charge in [0.15, 0.2) is 12.1 Å². The zero-order chi connectivity index (χ0) is 18.6. The van der Waals surface area contributed by atoms with Crippen molar-refractivity contribution in [2.75, 3.05) is 6.61 Å². The molecule has 0 fully saturated rings. The molecular weight excluding hydrogens is 325 g/mol. The van der Waals surface area contributed by atoms with Gasteiger partial charge in [0, 0.05) is 0 Å². The summed E-state index contributed by atoms with van der Waals surface area (Å²) >= 11 is 0. The lowest BCUT2D eigenvalue weighted by molar-refractivity contribution is -0.147. The maximum absolute atomic E-state index is 13.1. The molecule has 0 aliphatic heterocycles. The Morgan fingerprint density at radius 2 is 1.80 bits per heavy atom. The van der Waals surface area contributed by atoms with Gasteiger partial charge in [-0.1, -0.05) is 24.3 Å². The van der Waals surface area contributed by atoms with E-state index in [9.17, 15) is 19.1 Å². The molecule has 2 N–H and O–H groups in total. The van der Waals surface area contributed by atoms with Crippen molar-refractivity contribution < 1.29 is 23.8 Å². The summed E-state index contributed by atoms with van der Waals surface area (Å²) in [4.78, 5) is 23.9. The van der Waals surface area contributed by atoms with E-state index in [0.717, 1.165) is 23.3 Å². The maximum Gasteiger partial charge on any atom is 0.333 e. The number of aryl methyl sites for hydroxylation is 2. The second-order valence-corrected chi connectivity index (χ2v) is 6.04. The average molecular weight is 345 g/mol. The Balaban J connectivity index is 2.11. The van der Waals surface area contributed by atoms with Crippen LogP contribution in [0.25, 0.3) is 0 Å². The van der Waals surface area contributed by atoms with E-state index in [2.05, 4.69) is 5.32 Å². The molecule has 2 aromatic rings. The summed E-state index contributed by atoms with van der Waals surface area (Å²) in [5.74, 6) is -1.76. The zero-order valence-electron chi connectivity index (χ0n) is 14.3. The van der Waals surface area contributed by atoms with Gasteiger partial charge >= 0.3 is 5.97 Å². The molecule has 132 valence electrons. The summed E-state index contributed by atoms with van der Waals surface area (Å²) in [5, 5.41) is 12.0. The van der Waals surface area contributed by atoms with Crippen LogP contribution in [0.1, 0.15) is 23.6 Å². The second-order valence-electron chi connectivity index (χ2n) is 6.04. The van der Waals surface area contributed by atoms with Crippen LogP contribution in [0.5, 0.6) is 5.75 Å². The van der Waals surface area contributed by atoms with Gasteiger partial charge in [-0.15, -0.1) is 0 Å². The van der Waals surface area contributed by atoms with Crippen LogP contribution in [-0.2, 0) is 15.1 Å². The van der Waals surface area contributed by atoms with Crippen molar-refractivity contribution in [2.45, 2.75) is 26.3 Å². The highest BCUT2D eigenvalue weighted by Crippen LogP contribution is 2.22. The van der Waals surface area contributed by atoms with Gasteiger partial charge in [0.05, 0.1) is 0 Å². The number of rotatable bonds is 6. The minimum atomic E-state index is -1.68. The number of ether oxygens (including phenoxy) is 1. The molecule has 0 aromatic heterocycles. The summed E-state index contributed by atoms with van der Waals surface area (Å²) in [6.45, 7) is 4.78. The number of carbonyl (C=O) groups excluding carboxylic acids is 1. The fourth-order valence-corrected chi connectivity index (χ4v) is 2.35. The third kappa shape index (κ3) is 4.35. The van der Waals surface area contributed by atoms with E-state index in [1.165, 1.54) is 19.1 Å². The SMILES string of the molecule is Cc1ccc(C)c(OCC(=O)NC(C)(C(=O)O)c2ccc(F)cc2)c1. The van der Waals surface area contributed by atoms with E-state index in [1.54, 1.807) is 6.07 Å². The summed E-state index contributed by atoms with van der Waals surface area (Å²) in [6.07, 6.45) is 0. The van der Waals surface area contributed by atoms with Crippen LogP contribution in [0.3, 0.4) is 0 Å². The normalized spacial score (nSPS) is 13.0. The van der Waals surface area contributed by atoms with Crippen LogP contribution in [0, 0.1) is 19.7 Å². The van der Waals surface area contributed by atoms with Crippen LogP contribution in [-0.4, -0.2) is 23.6 Å². The van der Waals surface area contributed by atoms with Crippen LogP contribution in [0.4, 0.5) is 4.39 Å². The van der Waals surface area contributed by atoms with Gasteiger partial charge in [-0.2, -0.15) is 0 Å². The molecule has 0 saturated carbocycles. The number of aliphatic carboxylic acids is 1. The largest absolute Gasteiger partial charge is 0.483 e. The van der Waals surface area contributed by atoms with Crippen molar-refractivity contribution in [3.63, 3.8) is 0 Å². The molecule has 0 spiro atoms. The van der Waals surface area contributed by atoms with Crippen LogP contribution in [0.15, 0.2) is 42.5 Å². The lowest BCUT2D eigenvalue weighted by Crippen LogP contribution is -2.51. The Bertz CT molecular complexity index is 789. The van der Waals surface area contributed by atoms with Crippen LogP contribution < -0.4 is 10.1 Å². The highest BCUT2D eigenvalue weighted by Gasteiger charge is 2.37. The summed E-state index contributed by atoms with van der Waals surface area (Å²) in [5.41, 5.74) is 0.442. The molecule has 25 heavy (non-hydrogen) atoms. The van der Waals surface area contributed by atoms with Crippen LogP contribution >= 0.6 is 0 Å². The molecule has 0 bridgehead atoms. The number of halogens is 1. The van der Waals surface area contributed by atoms with E-state index in [1.807, 2.05) is 26.0 Å². The minimum Gasteiger partial charge on any atom is -0.483 e. The molecule has 0 aliphatic carbocycles. The number of amides is 1. The van der Waals surface area contributed by atoms with Crippen LogP contribution in [0.2, 0.25) is 0 Å². The van der Waals surface area contributed by atoms with Gasteiger partial charge in [0.2, 0.25) is 0 Å². The number of nitrogens with one attached hydrogen (secondary N) is 1. The summed E-state index contributed by atoms with van der Waals surface area (Å²) < 4.78 is 18.6. The lowest BCUT2D eigenvalue weighted by atomic mass is 9.92. The van der Waals surface area contributed by atoms with E-state index < -0.39 is 23.2 Å². The number of carbonyl (C=O) groups is 2. The van der Waals surface area contributed by atoms with E-state index in [-0.39, 0.29) is 12.2 Å². The fraction of sp³-hybridized carbons (Fsp3) is 0.263. The Morgan fingerprint density at radius 1 is 1.16 bits per heavy atom. The van der Waals surface area contributed by atoms with Gasteiger partial charge in [-0.25, -0.2) is 9.18 Å². The number of carboxylic acids is 1. The predicted molar refractivity (Wildman–Crippen MR) is 90.9 cm³/mol. The molecule has 6 heteroatoms. The fourth-order valence-electron chi connectivity index (χ4n) is 2.35. The molecule has 0 aliphatic rings. The molecule has 2 aromatic carbocycles. The molecule has 0 saturated heterocycles. The molecule has 0 heterocycles. The highest BCUT2D eigenvalue weighted by molar-refractivity contribution is 5.88. The smallest absolute Gasteiger partial charge is 0.333 e. The summed E-state index contributed by atoms with van der Waals surface area (Å²) in [7, 11) is 0. The number of benzene rings is 2. The first-order valence-electron chi connectivity index (χ1n) is 7.73. The Morgan fingerprint density at radius 3 is 2.40 bits per heavy atom. The van der Waals surface area contributed by atoms with Gasteiger partial charge in [0.25, 0.3) is 5.91 Å². The minimum absolute atomic E-state index is 0.265. The molecule has 0 radical (unpaired) electrons. The first kappa shape index (κ1) is 18.4. The standard InChI is InChI=1S/C19H20FNO4/c1-12-4-5-13(2)16(10-12)25-11-17(22)21-19(3,18(23)24)14-6-8-15(20)9-7-14/h4-10H,11H2,1-3H3,(H,21,22)(H,23,24). The third-order valence-electron chi connectivity index (χ3n) is 3.94. The molecule has 1 atom stereocenters. The first-order valence-corrected chi connectivity index (χ1v) is 7.73.